The van der Waals surface area contributed by atoms with Crippen LogP contribution in [-0.4, -0.2) is 20.6 Å². The van der Waals surface area contributed by atoms with Crippen molar-refractivity contribution in [3.63, 3.8) is 0 Å². The fourth-order valence-corrected chi connectivity index (χ4v) is 4.75. The molecule has 0 bridgehead atoms. The fraction of sp³-hybridized carbons (Fsp3) is 0.0370. The Bertz CT molecular complexity index is 1730. The van der Waals surface area contributed by atoms with Crippen molar-refractivity contribution in [2.24, 2.45) is 10.2 Å². The van der Waals surface area contributed by atoms with Crippen molar-refractivity contribution in [1.29, 1.82) is 0 Å². The van der Waals surface area contributed by atoms with E-state index in [4.69, 9.17) is 4.74 Å². The zero-order valence-corrected chi connectivity index (χ0v) is 20.5. The predicted octanol–water partition coefficient (Wildman–Crippen LogP) is 6.29. The Morgan fingerprint density at radius 2 is 1.61 bits per heavy atom. The van der Waals surface area contributed by atoms with Gasteiger partial charge in [-0.1, -0.05) is 53.8 Å². The summed E-state index contributed by atoms with van der Waals surface area (Å²) in [6, 6.07) is 28.2. The molecule has 1 aromatic heterocycles. The molecule has 0 N–H and O–H groups in total. The molecule has 0 aliphatic rings. The van der Waals surface area contributed by atoms with E-state index in [0.29, 0.717) is 12.3 Å². The first kappa shape index (κ1) is 24.5. The van der Waals surface area contributed by atoms with Gasteiger partial charge in [0.15, 0.2) is 0 Å². The van der Waals surface area contributed by atoms with E-state index < -0.39 is 15.5 Å². The fourth-order valence-electron chi connectivity index (χ4n) is 3.76. The van der Waals surface area contributed by atoms with Crippen molar-refractivity contribution in [2.75, 3.05) is 0 Å². The lowest BCUT2D eigenvalue weighted by Gasteiger charge is -2.06. The van der Waals surface area contributed by atoms with E-state index in [9.17, 15) is 20.2 Å². The molecule has 38 heavy (non-hydrogen) atoms. The van der Waals surface area contributed by atoms with Gasteiger partial charge in [-0.3, -0.25) is 20.2 Å². The third-order valence-corrected chi connectivity index (χ3v) is 6.63. The number of hydrogen-bond acceptors (Lipinski definition) is 8. The molecule has 0 saturated carbocycles. The molecule has 0 aliphatic heterocycles. The van der Waals surface area contributed by atoms with Crippen LogP contribution in [0.5, 0.6) is 11.5 Å². The number of nitrogens with zero attached hydrogens (tertiary/aromatic N) is 5. The summed E-state index contributed by atoms with van der Waals surface area (Å²) >= 11 is 1.55. The summed E-state index contributed by atoms with van der Waals surface area (Å²) in [5.41, 5.74) is 2.11. The van der Waals surface area contributed by atoms with Gasteiger partial charge < -0.3 is 9.30 Å². The number of non-ortho nitro benzene ring substituents is 1. The quantitative estimate of drug-likeness (QED) is 0.134. The summed E-state index contributed by atoms with van der Waals surface area (Å²) < 4.78 is 8.84. The predicted molar refractivity (Wildman–Crippen MR) is 145 cm³/mol. The van der Waals surface area contributed by atoms with Crippen LogP contribution in [0.15, 0.2) is 107 Å². The maximum atomic E-state index is 11.3. The van der Waals surface area contributed by atoms with E-state index in [2.05, 4.69) is 39.0 Å². The zero-order valence-electron chi connectivity index (χ0n) is 19.7. The lowest BCUT2D eigenvalue weighted by molar-refractivity contribution is -0.394. The summed E-state index contributed by atoms with van der Waals surface area (Å²) in [6.07, 6.45) is 1.61. The minimum atomic E-state index is -0.719. The first-order valence-corrected chi connectivity index (χ1v) is 12.2. The van der Waals surface area contributed by atoms with Gasteiger partial charge in [0.05, 0.1) is 38.9 Å². The van der Waals surface area contributed by atoms with Gasteiger partial charge in [0.2, 0.25) is 10.6 Å². The van der Waals surface area contributed by atoms with Crippen molar-refractivity contribution in [3.8, 4) is 11.5 Å². The van der Waals surface area contributed by atoms with Gasteiger partial charge >= 0.3 is 5.69 Å². The number of aromatic nitrogens is 1. The van der Waals surface area contributed by atoms with Crippen molar-refractivity contribution in [3.05, 3.63) is 133 Å². The van der Waals surface area contributed by atoms with E-state index in [1.54, 1.807) is 41.8 Å². The Balaban J connectivity index is 1.37. The third-order valence-electron chi connectivity index (χ3n) is 5.58. The van der Waals surface area contributed by atoms with Crippen LogP contribution in [0.25, 0.3) is 10.2 Å². The van der Waals surface area contributed by atoms with Gasteiger partial charge in [0, 0.05) is 6.07 Å². The highest BCUT2D eigenvalue weighted by Crippen LogP contribution is 2.34. The standard InChI is InChI=1S/C27H19N5O5S/c33-31(34)21-12-15-25(24(16-21)32(35)36)37-22-13-10-19(11-14-22)17-28-29-27-30(18-20-6-2-1-3-7-20)23-8-4-5-9-26(23)38-27/h1-17H,18H2. The lowest BCUT2D eigenvalue weighted by Crippen LogP contribution is -2.15. The molecule has 4 aromatic carbocycles. The SMILES string of the molecule is O=[N+]([O-])c1ccc(Oc2ccc(C=NN=c3sc4ccccc4n3Cc3ccccc3)cc2)c([N+](=O)[O-])c1. The average molecular weight is 526 g/mol. The van der Waals surface area contributed by atoms with E-state index in [-0.39, 0.29) is 11.4 Å². The molecule has 0 aliphatic carbocycles. The molecule has 0 unspecified atom stereocenters. The normalized spacial score (nSPS) is 11.7. The maximum absolute atomic E-state index is 11.3. The molecular weight excluding hydrogens is 506 g/mol. The molecule has 0 spiro atoms. The molecule has 1 heterocycles. The van der Waals surface area contributed by atoms with Gasteiger partial charge in [-0.05, 0) is 53.6 Å². The highest BCUT2D eigenvalue weighted by molar-refractivity contribution is 7.16. The Morgan fingerprint density at radius 3 is 2.34 bits per heavy atom. The second-order valence-electron chi connectivity index (χ2n) is 8.11. The molecule has 0 fully saturated rings. The molecule has 0 amide bonds. The number of ether oxygens (including phenoxy) is 1. The smallest absolute Gasteiger partial charge is 0.318 e. The monoisotopic (exact) mass is 525 g/mol. The van der Waals surface area contributed by atoms with E-state index in [1.807, 2.05) is 30.3 Å². The Kier molecular flexibility index (Phi) is 7.00. The van der Waals surface area contributed by atoms with Crippen LogP contribution in [0.3, 0.4) is 0 Å². The average Bonchev–Trinajstić information content (AvgIpc) is 3.27. The molecule has 5 rings (SSSR count). The minimum absolute atomic E-state index is 0.0928. The lowest BCUT2D eigenvalue weighted by atomic mass is 10.2. The molecule has 188 valence electrons. The Labute approximate surface area is 219 Å². The molecule has 10 nitrogen and oxygen atoms in total. The van der Waals surface area contributed by atoms with Gasteiger partial charge in [-0.2, -0.15) is 5.10 Å². The van der Waals surface area contributed by atoms with Crippen LogP contribution in [-0.2, 0) is 6.54 Å². The van der Waals surface area contributed by atoms with Crippen LogP contribution in [0.4, 0.5) is 11.4 Å². The first-order chi connectivity index (χ1) is 18.5. The van der Waals surface area contributed by atoms with Crippen molar-refractivity contribution < 1.29 is 14.6 Å². The number of fused-ring (bicyclic) bond motifs is 1. The van der Waals surface area contributed by atoms with Crippen LogP contribution >= 0.6 is 11.3 Å². The van der Waals surface area contributed by atoms with Gasteiger partial charge in [-0.15, -0.1) is 5.10 Å². The number of nitro benzene ring substituents is 2. The van der Waals surface area contributed by atoms with Crippen LogP contribution in [0.1, 0.15) is 11.1 Å². The number of thiazole rings is 1. The van der Waals surface area contributed by atoms with Gasteiger partial charge in [-0.25, -0.2) is 0 Å². The number of hydrogen-bond donors (Lipinski definition) is 0. The van der Waals surface area contributed by atoms with Crippen molar-refractivity contribution in [2.45, 2.75) is 6.54 Å². The highest BCUT2D eigenvalue weighted by Gasteiger charge is 2.21. The third kappa shape index (κ3) is 5.47. The largest absolute Gasteiger partial charge is 0.450 e. The molecular formula is C27H19N5O5S. The molecule has 0 radical (unpaired) electrons. The number of para-hydroxylation sites is 1. The highest BCUT2D eigenvalue weighted by atomic mass is 32.1. The summed E-state index contributed by atoms with van der Waals surface area (Å²) in [5.74, 6) is 0.242. The summed E-state index contributed by atoms with van der Waals surface area (Å²) in [7, 11) is 0. The number of nitro groups is 2. The zero-order chi connectivity index (χ0) is 26.5. The number of rotatable bonds is 8. The topological polar surface area (TPSA) is 125 Å². The summed E-state index contributed by atoms with van der Waals surface area (Å²) in [5, 5.41) is 31.0. The Hall–Kier alpha value is -5.16. The Morgan fingerprint density at radius 1 is 0.868 bits per heavy atom. The molecule has 5 aromatic rings. The molecule has 0 atom stereocenters. The van der Waals surface area contributed by atoms with E-state index >= 15 is 0 Å². The molecule has 11 heteroatoms. The minimum Gasteiger partial charge on any atom is -0.450 e. The van der Waals surface area contributed by atoms with Crippen LogP contribution < -0.4 is 9.54 Å². The molecule has 0 saturated heterocycles. The van der Waals surface area contributed by atoms with Crippen molar-refractivity contribution in [1.82, 2.24) is 4.57 Å². The van der Waals surface area contributed by atoms with Gasteiger partial charge in [0.1, 0.15) is 5.75 Å². The van der Waals surface area contributed by atoms with E-state index in [0.717, 1.165) is 38.3 Å². The van der Waals surface area contributed by atoms with Crippen molar-refractivity contribution >= 4 is 39.1 Å². The second kappa shape index (κ2) is 10.8. The first-order valence-electron chi connectivity index (χ1n) is 11.4. The summed E-state index contributed by atoms with van der Waals surface area (Å²) in [4.78, 5) is 21.6. The van der Waals surface area contributed by atoms with Crippen LogP contribution in [0.2, 0.25) is 0 Å². The summed E-state index contributed by atoms with van der Waals surface area (Å²) in [6.45, 7) is 0.667. The van der Waals surface area contributed by atoms with E-state index in [1.165, 1.54) is 6.07 Å². The maximum Gasteiger partial charge on any atom is 0.318 e. The second-order valence-corrected chi connectivity index (χ2v) is 9.12. The van der Waals surface area contributed by atoms with Crippen LogP contribution in [0, 0.1) is 20.2 Å². The van der Waals surface area contributed by atoms with Gasteiger partial charge in [0.25, 0.3) is 5.69 Å². The number of benzene rings is 4.